The lowest BCUT2D eigenvalue weighted by Crippen LogP contribution is -2.11. The van der Waals surface area contributed by atoms with E-state index in [1.807, 2.05) is 42.5 Å². The Labute approximate surface area is 128 Å². The number of hydrogen-bond acceptors (Lipinski definition) is 2. The minimum atomic E-state index is 0.447. The summed E-state index contributed by atoms with van der Waals surface area (Å²) in [5.41, 5.74) is 1.16. The van der Waals surface area contributed by atoms with Crippen molar-refractivity contribution >= 4 is 23.2 Å². The number of ether oxygens (including phenoxy) is 1. The predicted molar refractivity (Wildman–Crippen MR) is 82.6 cm³/mol. The first-order valence-corrected chi connectivity index (χ1v) is 7.34. The fourth-order valence-electron chi connectivity index (χ4n) is 2.17. The number of para-hydroxylation sites is 1. The van der Waals surface area contributed by atoms with Crippen LogP contribution in [0.2, 0.25) is 10.0 Å². The van der Waals surface area contributed by atoms with E-state index in [1.54, 1.807) is 0 Å². The third-order valence-corrected chi connectivity index (χ3v) is 4.11. The summed E-state index contributed by atoms with van der Waals surface area (Å²) >= 11 is 12.2. The molecule has 1 aliphatic heterocycles. The van der Waals surface area contributed by atoms with E-state index in [4.69, 9.17) is 27.9 Å². The van der Waals surface area contributed by atoms with Gasteiger partial charge in [0.05, 0.1) is 11.1 Å². The topological polar surface area (TPSA) is 12.2 Å². The monoisotopic (exact) mass is 307 g/mol. The van der Waals surface area contributed by atoms with Crippen molar-refractivity contribution in [2.45, 2.75) is 12.6 Å². The molecule has 0 aliphatic carbocycles. The van der Waals surface area contributed by atoms with Crippen LogP contribution >= 0.6 is 23.2 Å². The molecule has 0 aromatic heterocycles. The minimum Gasteiger partial charge on any atom is -0.490 e. The molecule has 2 aromatic rings. The van der Waals surface area contributed by atoms with Gasteiger partial charge in [0, 0.05) is 18.1 Å². The fraction of sp³-hybridized carbons (Fsp3) is 0.250. The highest BCUT2D eigenvalue weighted by atomic mass is 35.5. The Hall–Kier alpha value is -1.22. The molecule has 0 radical (unpaired) electrons. The first-order chi connectivity index (χ1) is 9.74. The molecule has 0 bridgehead atoms. The Morgan fingerprint density at radius 3 is 2.45 bits per heavy atom. The maximum Gasteiger partial charge on any atom is 0.137 e. The number of hydrogen-bond donors (Lipinski definition) is 0. The molecule has 2 atom stereocenters. The molecule has 2 aromatic carbocycles. The summed E-state index contributed by atoms with van der Waals surface area (Å²) in [4.78, 5) is 2.33. The predicted octanol–water partition coefficient (Wildman–Crippen LogP) is 4.26. The van der Waals surface area contributed by atoms with Crippen LogP contribution in [0.4, 0.5) is 0 Å². The van der Waals surface area contributed by atoms with Crippen LogP contribution in [0.1, 0.15) is 5.56 Å². The third-order valence-electron chi connectivity index (χ3n) is 3.43. The highest BCUT2D eigenvalue weighted by Gasteiger charge is 2.34. The van der Waals surface area contributed by atoms with Crippen LogP contribution in [0.3, 0.4) is 0 Å². The van der Waals surface area contributed by atoms with E-state index in [2.05, 4.69) is 11.0 Å². The zero-order valence-corrected chi connectivity index (χ0v) is 12.4. The zero-order chi connectivity index (χ0) is 13.9. The van der Waals surface area contributed by atoms with Crippen molar-refractivity contribution in [2.75, 3.05) is 13.2 Å². The fourth-order valence-corrected chi connectivity index (χ4v) is 2.55. The summed E-state index contributed by atoms with van der Waals surface area (Å²) in [6, 6.07) is 16.0. The normalized spacial score (nSPS) is 20.7. The molecular weight excluding hydrogens is 293 g/mol. The molecule has 2 nitrogen and oxygen atoms in total. The number of benzene rings is 2. The number of rotatable bonds is 5. The molecule has 20 heavy (non-hydrogen) atoms. The van der Waals surface area contributed by atoms with Crippen LogP contribution in [0.5, 0.6) is 5.75 Å². The number of halogens is 2. The van der Waals surface area contributed by atoms with Crippen molar-refractivity contribution in [3.8, 4) is 5.75 Å². The maximum atomic E-state index is 6.16. The standard InChI is InChI=1S/C16H15Cl2NO/c17-14-6-2-1-5-12(14)9-19-10-13(19)11-20-16-8-4-3-7-15(16)18/h1-8,13H,9-11H2. The van der Waals surface area contributed by atoms with Crippen LogP contribution in [0.25, 0.3) is 0 Å². The van der Waals surface area contributed by atoms with Gasteiger partial charge in [-0.25, -0.2) is 0 Å². The Kier molecular flexibility index (Phi) is 4.16. The molecule has 1 fully saturated rings. The Morgan fingerprint density at radius 2 is 1.70 bits per heavy atom. The van der Waals surface area contributed by atoms with Gasteiger partial charge in [0.1, 0.15) is 12.4 Å². The SMILES string of the molecule is Clc1ccccc1CN1CC1COc1ccccc1Cl. The van der Waals surface area contributed by atoms with E-state index in [1.165, 1.54) is 0 Å². The van der Waals surface area contributed by atoms with Crippen molar-refractivity contribution < 1.29 is 4.74 Å². The van der Waals surface area contributed by atoms with Gasteiger partial charge in [-0.2, -0.15) is 0 Å². The van der Waals surface area contributed by atoms with Crippen LogP contribution < -0.4 is 4.74 Å². The molecule has 1 heterocycles. The lowest BCUT2D eigenvalue weighted by Gasteiger charge is -2.09. The quantitative estimate of drug-likeness (QED) is 0.765. The average molecular weight is 308 g/mol. The smallest absolute Gasteiger partial charge is 0.137 e. The Bertz CT molecular complexity index is 603. The van der Waals surface area contributed by atoms with Gasteiger partial charge < -0.3 is 4.74 Å². The highest BCUT2D eigenvalue weighted by molar-refractivity contribution is 6.32. The second kappa shape index (κ2) is 6.04. The largest absolute Gasteiger partial charge is 0.490 e. The average Bonchev–Trinajstić information content (AvgIpc) is 3.19. The van der Waals surface area contributed by atoms with Crippen LogP contribution in [0.15, 0.2) is 48.5 Å². The number of nitrogens with zero attached hydrogens (tertiary/aromatic N) is 1. The van der Waals surface area contributed by atoms with Crippen molar-refractivity contribution in [3.63, 3.8) is 0 Å². The molecule has 0 amide bonds. The van der Waals surface area contributed by atoms with E-state index in [0.717, 1.165) is 29.4 Å². The molecule has 2 unspecified atom stereocenters. The van der Waals surface area contributed by atoms with Gasteiger partial charge in [-0.3, -0.25) is 4.90 Å². The summed E-state index contributed by atoms with van der Waals surface area (Å²) in [6.07, 6.45) is 0. The maximum absolute atomic E-state index is 6.16. The molecule has 3 rings (SSSR count). The lowest BCUT2D eigenvalue weighted by molar-refractivity contribution is 0.293. The van der Waals surface area contributed by atoms with Crippen LogP contribution in [-0.2, 0) is 6.54 Å². The van der Waals surface area contributed by atoms with Crippen molar-refractivity contribution in [3.05, 3.63) is 64.1 Å². The first kappa shape index (κ1) is 13.7. The van der Waals surface area contributed by atoms with Gasteiger partial charge in [-0.15, -0.1) is 0 Å². The molecule has 1 aliphatic rings. The molecule has 104 valence electrons. The Morgan fingerprint density at radius 1 is 1.00 bits per heavy atom. The zero-order valence-electron chi connectivity index (χ0n) is 10.9. The molecule has 0 spiro atoms. The van der Waals surface area contributed by atoms with E-state index >= 15 is 0 Å². The van der Waals surface area contributed by atoms with Gasteiger partial charge in [-0.05, 0) is 23.8 Å². The summed E-state index contributed by atoms with van der Waals surface area (Å²) in [6.45, 7) is 2.57. The van der Waals surface area contributed by atoms with Crippen LogP contribution in [-0.4, -0.2) is 24.1 Å². The lowest BCUT2D eigenvalue weighted by atomic mass is 10.2. The van der Waals surface area contributed by atoms with Gasteiger partial charge in [-0.1, -0.05) is 53.5 Å². The minimum absolute atomic E-state index is 0.447. The van der Waals surface area contributed by atoms with Crippen molar-refractivity contribution in [2.24, 2.45) is 0 Å². The van der Waals surface area contributed by atoms with E-state index in [0.29, 0.717) is 17.7 Å². The molecular formula is C16H15Cl2NO. The first-order valence-electron chi connectivity index (χ1n) is 6.59. The third kappa shape index (κ3) is 3.26. The van der Waals surface area contributed by atoms with Gasteiger partial charge in [0.15, 0.2) is 0 Å². The van der Waals surface area contributed by atoms with E-state index < -0.39 is 0 Å². The van der Waals surface area contributed by atoms with E-state index in [-0.39, 0.29) is 0 Å². The second-order valence-corrected chi connectivity index (χ2v) is 5.73. The molecule has 4 heteroatoms. The van der Waals surface area contributed by atoms with Crippen LogP contribution in [0, 0.1) is 0 Å². The summed E-state index contributed by atoms with van der Waals surface area (Å²) in [5, 5.41) is 1.48. The highest BCUT2D eigenvalue weighted by Crippen LogP contribution is 2.28. The summed E-state index contributed by atoms with van der Waals surface area (Å²) in [7, 11) is 0. The van der Waals surface area contributed by atoms with Crippen molar-refractivity contribution in [1.82, 2.24) is 4.90 Å². The molecule has 0 saturated carbocycles. The van der Waals surface area contributed by atoms with Gasteiger partial charge in [0.2, 0.25) is 0 Å². The molecule has 1 saturated heterocycles. The summed E-state index contributed by atoms with van der Waals surface area (Å²) < 4.78 is 5.75. The van der Waals surface area contributed by atoms with Crippen molar-refractivity contribution in [1.29, 1.82) is 0 Å². The van der Waals surface area contributed by atoms with Gasteiger partial charge in [0.25, 0.3) is 0 Å². The second-order valence-electron chi connectivity index (χ2n) is 4.92. The molecule has 0 N–H and O–H groups in total. The Balaban J connectivity index is 1.51. The van der Waals surface area contributed by atoms with E-state index in [9.17, 15) is 0 Å². The van der Waals surface area contributed by atoms with Gasteiger partial charge >= 0.3 is 0 Å². The summed E-state index contributed by atoms with van der Waals surface area (Å²) in [5.74, 6) is 0.749.